The first-order valence-electron chi connectivity index (χ1n) is 9.17. The molecule has 1 aliphatic heterocycles. The number of ether oxygens (including phenoxy) is 2. The molecule has 1 N–H and O–H groups in total. The Hall–Kier alpha value is -1.56. The number of hydrogen-bond donors (Lipinski definition) is 1. The quantitative estimate of drug-likeness (QED) is 0.618. The van der Waals surface area contributed by atoms with Crippen molar-refractivity contribution in [3.63, 3.8) is 0 Å². The van der Waals surface area contributed by atoms with E-state index in [1.807, 2.05) is 4.90 Å². The molecule has 31 heavy (non-hydrogen) atoms. The number of halogens is 5. The van der Waals surface area contributed by atoms with Gasteiger partial charge in [0.05, 0.1) is 34.2 Å². The molecule has 0 radical (unpaired) electrons. The first kappa shape index (κ1) is 24.1. The molecule has 170 valence electrons. The Kier molecular flexibility index (Phi) is 7.72. The summed E-state index contributed by atoms with van der Waals surface area (Å²) in [6, 6.07) is 8.12. The summed E-state index contributed by atoms with van der Waals surface area (Å²) in [5.74, 6) is -0.513. The van der Waals surface area contributed by atoms with Gasteiger partial charge in [0.25, 0.3) is 0 Å². The molecule has 1 heterocycles. The molecule has 1 aliphatic rings. The van der Waals surface area contributed by atoms with E-state index in [2.05, 4.69) is 9.46 Å². The second kappa shape index (κ2) is 9.93. The second-order valence-corrected chi connectivity index (χ2v) is 9.31. The maximum atomic E-state index is 12.9. The van der Waals surface area contributed by atoms with Gasteiger partial charge >= 0.3 is 6.36 Å². The molecule has 0 aliphatic carbocycles. The zero-order chi connectivity index (χ0) is 22.6. The van der Waals surface area contributed by atoms with E-state index in [-0.39, 0.29) is 9.92 Å². The predicted octanol–water partition coefficient (Wildman–Crippen LogP) is 4.24. The third-order valence-corrected chi connectivity index (χ3v) is 6.78. The van der Waals surface area contributed by atoms with E-state index in [0.717, 1.165) is 24.3 Å². The van der Waals surface area contributed by atoms with Crippen molar-refractivity contribution in [2.75, 3.05) is 32.8 Å². The summed E-state index contributed by atoms with van der Waals surface area (Å²) in [6.45, 7) is 2.66. The van der Waals surface area contributed by atoms with Crippen molar-refractivity contribution in [2.24, 2.45) is 0 Å². The average molecular weight is 499 g/mol. The molecular weight excluding hydrogens is 480 g/mol. The van der Waals surface area contributed by atoms with Gasteiger partial charge in [0.15, 0.2) is 0 Å². The Labute approximate surface area is 187 Å². The summed E-state index contributed by atoms with van der Waals surface area (Å²) in [5.41, 5.74) is 0.599. The Morgan fingerprint density at radius 2 is 1.71 bits per heavy atom. The van der Waals surface area contributed by atoms with Crippen molar-refractivity contribution in [1.29, 1.82) is 0 Å². The van der Waals surface area contributed by atoms with Gasteiger partial charge in [-0.05, 0) is 42.0 Å². The number of sulfonamides is 1. The largest absolute Gasteiger partial charge is 0.573 e. The Balaban J connectivity index is 1.83. The molecule has 1 saturated heterocycles. The smallest absolute Gasteiger partial charge is 0.406 e. The molecule has 12 heteroatoms. The van der Waals surface area contributed by atoms with Gasteiger partial charge in [-0.1, -0.05) is 29.3 Å². The van der Waals surface area contributed by atoms with E-state index in [0.29, 0.717) is 43.4 Å². The van der Waals surface area contributed by atoms with Crippen LogP contribution < -0.4 is 9.46 Å². The molecule has 1 unspecified atom stereocenters. The normalized spacial score (nSPS) is 16.8. The average Bonchev–Trinajstić information content (AvgIpc) is 2.69. The van der Waals surface area contributed by atoms with Crippen LogP contribution in [-0.4, -0.2) is 52.5 Å². The second-order valence-electron chi connectivity index (χ2n) is 6.78. The fourth-order valence-corrected chi connectivity index (χ4v) is 4.58. The van der Waals surface area contributed by atoms with Crippen LogP contribution in [0, 0.1) is 0 Å². The fraction of sp³-hybridized carbons (Fsp3) is 0.368. The Morgan fingerprint density at radius 3 is 2.29 bits per heavy atom. The summed E-state index contributed by atoms with van der Waals surface area (Å²) in [4.78, 5) is 1.84. The van der Waals surface area contributed by atoms with E-state index in [1.165, 1.54) is 0 Å². The van der Waals surface area contributed by atoms with Crippen LogP contribution in [0.5, 0.6) is 5.75 Å². The van der Waals surface area contributed by atoms with Gasteiger partial charge < -0.3 is 9.47 Å². The van der Waals surface area contributed by atoms with Crippen molar-refractivity contribution in [3.8, 4) is 5.75 Å². The molecule has 3 rings (SSSR count). The van der Waals surface area contributed by atoms with E-state index in [4.69, 9.17) is 27.9 Å². The highest BCUT2D eigenvalue weighted by molar-refractivity contribution is 7.89. The van der Waals surface area contributed by atoms with E-state index < -0.39 is 28.2 Å². The third kappa shape index (κ3) is 6.96. The minimum atomic E-state index is -4.87. The zero-order valence-corrected chi connectivity index (χ0v) is 18.4. The van der Waals surface area contributed by atoms with E-state index in [1.54, 1.807) is 18.2 Å². The number of hydrogen-bond acceptors (Lipinski definition) is 5. The predicted molar refractivity (Wildman–Crippen MR) is 110 cm³/mol. The van der Waals surface area contributed by atoms with Crippen LogP contribution in [0.2, 0.25) is 10.0 Å². The molecule has 2 aromatic rings. The van der Waals surface area contributed by atoms with Crippen molar-refractivity contribution < 1.29 is 31.1 Å². The van der Waals surface area contributed by atoms with Crippen LogP contribution in [0.4, 0.5) is 13.2 Å². The molecule has 0 aromatic heterocycles. The molecule has 6 nitrogen and oxygen atoms in total. The van der Waals surface area contributed by atoms with Gasteiger partial charge in [0.2, 0.25) is 10.0 Å². The van der Waals surface area contributed by atoms with Gasteiger partial charge in [-0.15, -0.1) is 13.2 Å². The van der Waals surface area contributed by atoms with Gasteiger partial charge in [0.1, 0.15) is 5.75 Å². The lowest BCUT2D eigenvalue weighted by Crippen LogP contribution is -2.43. The van der Waals surface area contributed by atoms with Crippen LogP contribution >= 0.6 is 23.2 Å². The number of alkyl halides is 3. The highest BCUT2D eigenvalue weighted by Crippen LogP contribution is 2.28. The standard InChI is InChI=1S/C19H19Cl2F3N2O4S/c20-16-6-1-13(11-17(16)21)18(12-26-7-9-29-10-8-26)25-31(27,28)15-4-2-14(3-5-15)30-19(22,23)24/h1-6,11,18,25H,7-10,12H2. The lowest BCUT2D eigenvalue weighted by Gasteiger charge is -2.31. The summed E-state index contributed by atoms with van der Waals surface area (Å²) in [5, 5.41) is 0.609. The first-order chi connectivity index (χ1) is 14.5. The van der Waals surface area contributed by atoms with Crippen molar-refractivity contribution in [1.82, 2.24) is 9.62 Å². The molecular formula is C19H19Cl2F3N2O4S. The number of nitrogens with zero attached hydrogens (tertiary/aromatic N) is 1. The molecule has 0 spiro atoms. The lowest BCUT2D eigenvalue weighted by molar-refractivity contribution is -0.274. The van der Waals surface area contributed by atoms with Gasteiger partial charge in [-0.2, -0.15) is 0 Å². The zero-order valence-electron chi connectivity index (χ0n) is 16.0. The third-order valence-electron chi connectivity index (χ3n) is 4.56. The number of morpholine rings is 1. The Bertz CT molecular complexity index is 998. The van der Waals surface area contributed by atoms with Gasteiger partial charge in [-0.25, -0.2) is 13.1 Å². The van der Waals surface area contributed by atoms with Gasteiger partial charge in [-0.3, -0.25) is 4.90 Å². The first-order valence-corrected chi connectivity index (χ1v) is 11.4. The molecule has 0 saturated carbocycles. The minimum Gasteiger partial charge on any atom is -0.406 e. The van der Waals surface area contributed by atoms with Crippen molar-refractivity contribution in [2.45, 2.75) is 17.3 Å². The molecule has 1 fully saturated rings. The summed E-state index contributed by atoms with van der Waals surface area (Å²) >= 11 is 12.1. The maximum absolute atomic E-state index is 12.9. The number of rotatable bonds is 7. The summed E-state index contributed by atoms with van der Waals surface area (Å²) in [6.07, 6.45) is -4.87. The van der Waals surface area contributed by atoms with Crippen LogP contribution in [0.25, 0.3) is 0 Å². The summed E-state index contributed by atoms with van der Waals surface area (Å²) in [7, 11) is -4.06. The van der Waals surface area contributed by atoms with Crippen LogP contribution in [0.3, 0.4) is 0 Å². The fourth-order valence-electron chi connectivity index (χ4n) is 3.06. The summed E-state index contributed by atoms with van der Waals surface area (Å²) < 4.78 is 74.6. The lowest BCUT2D eigenvalue weighted by atomic mass is 10.1. The maximum Gasteiger partial charge on any atom is 0.573 e. The number of nitrogens with one attached hydrogen (secondary N) is 1. The Morgan fingerprint density at radius 1 is 1.06 bits per heavy atom. The van der Waals surface area contributed by atoms with Gasteiger partial charge in [0, 0.05) is 19.6 Å². The van der Waals surface area contributed by atoms with Crippen LogP contribution in [0.15, 0.2) is 47.4 Å². The topological polar surface area (TPSA) is 67.9 Å². The monoisotopic (exact) mass is 498 g/mol. The molecule has 1 atom stereocenters. The molecule has 2 aromatic carbocycles. The molecule has 0 bridgehead atoms. The van der Waals surface area contributed by atoms with E-state index >= 15 is 0 Å². The highest BCUT2D eigenvalue weighted by Gasteiger charge is 2.31. The SMILES string of the molecule is O=S(=O)(NC(CN1CCOCC1)c1ccc(Cl)c(Cl)c1)c1ccc(OC(F)(F)F)cc1. The minimum absolute atomic E-state index is 0.200. The highest BCUT2D eigenvalue weighted by atomic mass is 35.5. The van der Waals surface area contributed by atoms with Crippen LogP contribution in [0.1, 0.15) is 11.6 Å². The van der Waals surface area contributed by atoms with Crippen molar-refractivity contribution >= 4 is 33.2 Å². The van der Waals surface area contributed by atoms with Crippen LogP contribution in [-0.2, 0) is 14.8 Å². The van der Waals surface area contributed by atoms with E-state index in [9.17, 15) is 21.6 Å². The molecule has 0 amide bonds. The number of benzene rings is 2. The van der Waals surface area contributed by atoms with Crippen molar-refractivity contribution in [3.05, 3.63) is 58.1 Å².